The van der Waals surface area contributed by atoms with Gasteiger partial charge in [0.2, 0.25) is 5.91 Å². The van der Waals surface area contributed by atoms with Crippen LogP contribution in [0, 0.1) is 0 Å². The Morgan fingerprint density at radius 2 is 1.85 bits per heavy atom. The fourth-order valence-electron chi connectivity index (χ4n) is 2.75. The maximum atomic E-state index is 12.5. The van der Waals surface area contributed by atoms with Crippen LogP contribution in [0.3, 0.4) is 0 Å². The number of carbonyl (C=O) groups excluding carboxylic acids is 1. The van der Waals surface area contributed by atoms with Crippen LogP contribution in [-0.4, -0.2) is 30.7 Å². The number of tetrazole rings is 1. The van der Waals surface area contributed by atoms with Crippen molar-refractivity contribution in [2.75, 3.05) is 5.32 Å². The highest BCUT2D eigenvalue weighted by molar-refractivity contribution is 6.30. The van der Waals surface area contributed by atoms with E-state index in [-0.39, 0.29) is 12.3 Å². The van der Waals surface area contributed by atoms with Gasteiger partial charge < -0.3 is 9.88 Å². The molecule has 7 nitrogen and oxygen atoms in total. The molecule has 134 valence electrons. The Balaban J connectivity index is 1.49. The first-order chi connectivity index (χ1) is 13.2. The van der Waals surface area contributed by atoms with Gasteiger partial charge in [-0.15, -0.1) is 5.10 Å². The SMILES string of the molecule is O=C(Cc1ccc(-n2cnnn2)cc1)Nc1ccc(Cl)cc1-n1cccc1. The molecule has 8 heteroatoms. The smallest absolute Gasteiger partial charge is 0.228 e. The fourth-order valence-corrected chi connectivity index (χ4v) is 2.91. The second-order valence-electron chi connectivity index (χ2n) is 5.90. The summed E-state index contributed by atoms with van der Waals surface area (Å²) in [6.07, 6.45) is 5.58. The highest BCUT2D eigenvalue weighted by atomic mass is 35.5. The molecule has 0 aliphatic rings. The number of carbonyl (C=O) groups is 1. The summed E-state index contributed by atoms with van der Waals surface area (Å²) in [6, 6.07) is 16.7. The van der Waals surface area contributed by atoms with Gasteiger partial charge in [-0.05, 0) is 58.5 Å². The number of rotatable bonds is 5. The fraction of sp³-hybridized carbons (Fsp3) is 0.0526. The number of benzene rings is 2. The summed E-state index contributed by atoms with van der Waals surface area (Å²) >= 11 is 6.12. The average molecular weight is 379 g/mol. The van der Waals surface area contributed by atoms with Gasteiger partial charge >= 0.3 is 0 Å². The summed E-state index contributed by atoms with van der Waals surface area (Å²) in [5.74, 6) is -0.110. The van der Waals surface area contributed by atoms with E-state index in [2.05, 4.69) is 20.8 Å². The Bertz CT molecular complexity index is 1040. The molecule has 0 bridgehead atoms. The molecule has 4 rings (SSSR count). The number of anilines is 1. The van der Waals surface area contributed by atoms with E-state index in [1.54, 1.807) is 16.8 Å². The maximum Gasteiger partial charge on any atom is 0.228 e. The van der Waals surface area contributed by atoms with Gasteiger partial charge in [0.05, 0.1) is 23.5 Å². The van der Waals surface area contributed by atoms with Gasteiger partial charge in [0.15, 0.2) is 0 Å². The number of aromatic nitrogens is 5. The van der Waals surface area contributed by atoms with Crippen molar-refractivity contribution >= 4 is 23.2 Å². The number of nitrogens with zero attached hydrogens (tertiary/aromatic N) is 5. The molecule has 0 aliphatic heterocycles. The summed E-state index contributed by atoms with van der Waals surface area (Å²) in [4.78, 5) is 12.5. The molecular formula is C19H15ClN6O. The van der Waals surface area contributed by atoms with Crippen molar-refractivity contribution in [3.05, 3.63) is 83.9 Å². The molecule has 0 saturated carbocycles. The zero-order valence-corrected chi connectivity index (χ0v) is 14.9. The summed E-state index contributed by atoms with van der Waals surface area (Å²) in [6.45, 7) is 0. The topological polar surface area (TPSA) is 77.6 Å². The molecule has 0 atom stereocenters. The first-order valence-corrected chi connectivity index (χ1v) is 8.62. The first-order valence-electron chi connectivity index (χ1n) is 8.24. The molecule has 0 spiro atoms. The first kappa shape index (κ1) is 17.0. The van der Waals surface area contributed by atoms with Crippen molar-refractivity contribution in [1.82, 2.24) is 24.8 Å². The Labute approximate surface area is 160 Å². The number of halogens is 1. The van der Waals surface area contributed by atoms with E-state index in [1.807, 2.05) is 59.4 Å². The minimum absolute atomic E-state index is 0.110. The van der Waals surface area contributed by atoms with Crippen LogP contribution in [0.1, 0.15) is 5.56 Å². The normalized spacial score (nSPS) is 10.7. The van der Waals surface area contributed by atoms with Crippen molar-refractivity contribution in [3.8, 4) is 11.4 Å². The molecule has 1 N–H and O–H groups in total. The lowest BCUT2D eigenvalue weighted by Gasteiger charge is -2.13. The third kappa shape index (κ3) is 3.88. The quantitative estimate of drug-likeness (QED) is 0.578. The summed E-state index contributed by atoms with van der Waals surface area (Å²) < 4.78 is 3.46. The lowest BCUT2D eigenvalue weighted by Crippen LogP contribution is -2.16. The van der Waals surface area contributed by atoms with E-state index >= 15 is 0 Å². The minimum Gasteiger partial charge on any atom is -0.324 e. The van der Waals surface area contributed by atoms with Crippen LogP contribution in [0.25, 0.3) is 11.4 Å². The van der Waals surface area contributed by atoms with E-state index in [1.165, 1.54) is 6.33 Å². The van der Waals surface area contributed by atoms with Gasteiger partial charge in [-0.2, -0.15) is 0 Å². The predicted molar refractivity (Wildman–Crippen MR) is 102 cm³/mol. The lowest BCUT2D eigenvalue weighted by molar-refractivity contribution is -0.115. The van der Waals surface area contributed by atoms with Crippen LogP contribution in [0.4, 0.5) is 5.69 Å². The van der Waals surface area contributed by atoms with Crippen LogP contribution in [0.5, 0.6) is 0 Å². The van der Waals surface area contributed by atoms with Crippen molar-refractivity contribution in [2.45, 2.75) is 6.42 Å². The number of hydrogen-bond acceptors (Lipinski definition) is 4. The molecule has 4 aromatic rings. The molecular weight excluding hydrogens is 364 g/mol. The van der Waals surface area contributed by atoms with Crippen LogP contribution in [-0.2, 0) is 11.2 Å². The average Bonchev–Trinajstić information content (AvgIpc) is 3.38. The van der Waals surface area contributed by atoms with Gasteiger partial charge in [-0.25, -0.2) is 4.68 Å². The van der Waals surface area contributed by atoms with Gasteiger partial charge in [0.1, 0.15) is 6.33 Å². The third-order valence-corrected chi connectivity index (χ3v) is 4.27. The highest BCUT2D eigenvalue weighted by Crippen LogP contribution is 2.25. The molecule has 0 aliphatic carbocycles. The highest BCUT2D eigenvalue weighted by Gasteiger charge is 2.10. The van der Waals surface area contributed by atoms with Crippen molar-refractivity contribution in [2.24, 2.45) is 0 Å². The Morgan fingerprint density at radius 3 is 2.56 bits per heavy atom. The van der Waals surface area contributed by atoms with E-state index in [4.69, 9.17) is 11.6 Å². The predicted octanol–water partition coefficient (Wildman–Crippen LogP) is 3.29. The van der Waals surface area contributed by atoms with Gasteiger partial charge in [0.25, 0.3) is 0 Å². The van der Waals surface area contributed by atoms with E-state index < -0.39 is 0 Å². The molecule has 2 aromatic heterocycles. The van der Waals surface area contributed by atoms with Crippen molar-refractivity contribution < 1.29 is 4.79 Å². The summed E-state index contributed by atoms with van der Waals surface area (Å²) in [5, 5.41) is 14.6. The van der Waals surface area contributed by atoms with Crippen LogP contribution in [0.2, 0.25) is 5.02 Å². The van der Waals surface area contributed by atoms with Crippen LogP contribution < -0.4 is 5.32 Å². The standard InChI is InChI=1S/C19H15ClN6O/c20-15-5-8-17(18(12-15)25-9-1-2-10-25)22-19(27)11-14-3-6-16(7-4-14)26-13-21-23-24-26/h1-10,12-13H,11H2,(H,22,27). The second kappa shape index (κ2) is 7.43. The molecule has 0 radical (unpaired) electrons. The van der Waals surface area contributed by atoms with Crippen LogP contribution >= 0.6 is 11.6 Å². The third-order valence-electron chi connectivity index (χ3n) is 4.03. The maximum absolute atomic E-state index is 12.5. The zero-order valence-electron chi connectivity index (χ0n) is 14.2. The monoisotopic (exact) mass is 378 g/mol. The van der Waals surface area contributed by atoms with Crippen LogP contribution in [0.15, 0.2) is 73.3 Å². The lowest BCUT2D eigenvalue weighted by atomic mass is 10.1. The Hall–Kier alpha value is -3.45. The molecule has 27 heavy (non-hydrogen) atoms. The van der Waals surface area contributed by atoms with Crippen molar-refractivity contribution in [3.63, 3.8) is 0 Å². The largest absolute Gasteiger partial charge is 0.324 e. The van der Waals surface area contributed by atoms with E-state index in [0.717, 1.165) is 16.9 Å². The number of amides is 1. The number of nitrogens with one attached hydrogen (secondary N) is 1. The van der Waals surface area contributed by atoms with Crippen molar-refractivity contribution in [1.29, 1.82) is 0 Å². The zero-order chi connectivity index (χ0) is 18.6. The Morgan fingerprint density at radius 1 is 1.07 bits per heavy atom. The molecule has 2 aromatic carbocycles. The minimum atomic E-state index is -0.110. The number of hydrogen-bond donors (Lipinski definition) is 1. The molecule has 2 heterocycles. The summed E-state index contributed by atoms with van der Waals surface area (Å²) in [5.41, 5.74) is 3.23. The molecule has 0 saturated heterocycles. The van der Waals surface area contributed by atoms with E-state index in [0.29, 0.717) is 10.7 Å². The molecule has 0 fully saturated rings. The Kier molecular flexibility index (Phi) is 4.67. The van der Waals surface area contributed by atoms with Gasteiger partial charge in [-0.3, -0.25) is 4.79 Å². The molecule has 0 unspecified atom stereocenters. The van der Waals surface area contributed by atoms with Gasteiger partial charge in [0, 0.05) is 17.4 Å². The summed E-state index contributed by atoms with van der Waals surface area (Å²) in [7, 11) is 0. The van der Waals surface area contributed by atoms with Gasteiger partial charge in [-0.1, -0.05) is 23.7 Å². The molecule has 1 amide bonds. The second-order valence-corrected chi connectivity index (χ2v) is 6.33. The van der Waals surface area contributed by atoms with E-state index in [9.17, 15) is 4.79 Å².